The van der Waals surface area contributed by atoms with Crippen LogP contribution in [0, 0.1) is 0 Å². The number of aromatic nitrogens is 1. The lowest BCUT2D eigenvalue weighted by atomic mass is 10.2. The summed E-state index contributed by atoms with van der Waals surface area (Å²) in [4.78, 5) is 16.5. The van der Waals surface area contributed by atoms with Crippen LogP contribution in [0.4, 0.5) is 0 Å². The molecule has 4 rings (SSSR count). The number of ether oxygens (including phenoxy) is 2. The van der Waals surface area contributed by atoms with Gasteiger partial charge < -0.3 is 13.9 Å². The molecule has 0 aliphatic carbocycles. The molecule has 9 heteroatoms. The second-order valence-corrected chi connectivity index (χ2v) is 8.67. The van der Waals surface area contributed by atoms with Crippen molar-refractivity contribution in [3.63, 3.8) is 0 Å². The zero-order chi connectivity index (χ0) is 23.0. The maximum absolute atomic E-state index is 12.2. The number of hydrazone groups is 1. The molecule has 0 aliphatic heterocycles. The van der Waals surface area contributed by atoms with Crippen molar-refractivity contribution in [3.05, 3.63) is 82.3 Å². The maximum Gasteiger partial charge on any atom is 0.257 e. The number of nitrogens with zero attached hydrogens (tertiary/aromatic N) is 2. The average Bonchev–Trinajstić information content (AvgIpc) is 3.26. The number of carbonyl (C=O) groups is 1. The third-order valence-electron chi connectivity index (χ3n) is 4.52. The number of nitrogens with one attached hydrogen (secondary N) is 1. The number of carbonyl (C=O) groups excluding carboxylic acids is 1. The van der Waals surface area contributed by atoms with Crippen LogP contribution in [0.5, 0.6) is 11.5 Å². The third-order valence-corrected chi connectivity index (χ3v) is 5.88. The first-order chi connectivity index (χ1) is 16.1. The number of benzene rings is 3. The molecule has 168 valence electrons. The molecule has 0 unspecified atom stereocenters. The van der Waals surface area contributed by atoms with Crippen LogP contribution in [0.2, 0.25) is 0 Å². The van der Waals surface area contributed by atoms with Gasteiger partial charge >= 0.3 is 0 Å². The van der Waals surface area contributed by atoms with E-state index in [0.717, 1.165) is 15.6 Å². The van der Waals surface area contributed by atoms with Crippen molar-refractivity contribution in [3.8, 4) is 11.5 Å². The number of hydrogen-bond acceptors (Lipinski definition) is 7. The normalized spacial score (nSPS) is 11.1. The first-order valence-corrected chi connectivity index (χ1v) is 11.7. The van der Waals surface area contributed by atoms with Gasteiger partial charge in [-0.25, -0.2) is 10.4 Å². The number of para-hydroxylation sites is 3. The van der Waals surface area contributed by atoms with Crippen LogP contribution < -0.4 is 14.9 Å². The number of halogens is 1. The lowest BCUT2D eigenvalue weighted by Gasteiger charge is -2.13. The van der Waals surface area contributed by atoms with E-state index in [4.69, 9.17) is 13.9 Å². The Balaban J connectivity index is 1.36. The predicted octanol–water partition coefficient (Wildman–Crippen LogP) is 5.42. The van der Waals surface area contributed by atoms with E-state index in [2.05, 4.69) is 31.4 Å². The average molecular weight is 526 g/mol. The summed E-state index contributed by atoms with van der Waals surface area (Å²) < 4.78 is 18.0. The predicted molar refractivity (Wildman–Crippen MR) is 132 cm³/mol. The lowest BCUT2D eigenvalue weighted by molar-refractivity contribution is -0.118. The van der Waals surface area contributed by atoms with Gasteiger partial charge in [0.05, 0.1) is 19.1 Å². The fraction of sp³-hybridized carbons (Fsp3) is 0.125. The standard InChI is InChI=1S/C24H20BrN3O4S/c1-30-21-8-4-5-17(23(21)31-14-16-9-11-18(25)12-10-16)13-26-28-22(29)15-33-24-27-19-6-2-3-7-20(19)32-24/h2-13H,14-15H2,1H3,(H,28,29)/b26-13-. The zero-order valence-corrected chi connectivity index (χ0v) is 20.1. The second kappa shape index (κ2) is 11.0. The van der Waals surface area contributed by atoms with Crippen LogP contribution in [0.3, 0.4) is 0 Å². The van der Waals surface area contributed by atoms with Gasteiger partial charge in [-0.2, -0.15) is 5.10 Å². The molecule has 1 N–H and O–H groups in total. The molecule has 0 bridgehead atoms. The second-order valence-electron chi connectivity index (χ2n) is 6.82. The first kappa shape index (κ1) is 22.9. The molecular weight excluding hydrogens is 506 g/mol. The SMILES string of the molecule is COc1cccc(/C=N\NC(=O)CSc2nc3ccccc3o2)c1OCc1ccc(Br)cc1. The van der Waals surface area contributed by atoms with Crippen LogP contribution in [0.15, 0.2) is 85.9 Å². The van der Waals surface area contributed by atoms with Gasteiger partial charge in [-0.3, -0.25) is 4.79 Å². The molecule has 3 aromatic carbocycles. The molecule has 0 spiro atoms. The molecule has 0 radical (unpaired) electrons. The fourth-order valence-electron chi connectivity index (χ4n) is 2.93. The molecule has 1 amide bonds. The van der Waals surface area contributed by atoms with Crippen molar-refractivity contribution < 1.29 is 18.7 Å². The number of hydrogen-bond donors (Lipinski definition) is 1. The van der Waals surface area contributed by atoms with Crippen molar-refractivity contribution in [2.45, 2.75) is 11.8 Å². The third kappa shape index (κ3) is 6.15. The van der Waals surface area contributed by atoms with Crippen LogP contribution in [0.25, 0.3) is 11.1 Å². The highest BCUT2D eigenvalue weighted by atomic mass is 79.9. The van der Waals surface area contributed by atoms with E-state index in [1.807, 2.05) is 66.7 Å². The molecule has 33 heavy (non-hydrogen) atoms. The monoisotopic (exact) mass is 525 g/mol. The summed E-state index contributed by atoms with van der Waals surface area (Å²) in [6.07, 6.45) is 1.53. The molecule has 1 aromatic heterocycles. The number of amides is 1. The number of fused-ring (bicyclic) bond motifs is 1. The van der Waals surface area contributed by atoms with Crippen LogP contribution in [-0.4, -0.2) is 30.0 Å². The minimum Gasteiger partial charge on any atom is -0.493 e. The van der Waals surface area contributed by atoms with E-state index in [0.29, 0.717) is 34.5 Å². The molecule has 0 fully saturated rings. The number of methoxy groups -OCH3 is 1. The van der Waals surface area contributed by atoms with Crippen LogP contribution >= 0.6 is 27.7 Å². The summed E-state index contributed by atoms with van der Waals surface area (Å²) in [5, 5.41) is 4.51. The van der Waals surface area contributed by atoms with Gasteiger partial charge in [-0.05, 0) is 42.0 Å². The van der Waals surface area contributed by atoms with E-state index in [1.165, 1.54) is 18.0 Å². The molecule has 0 atom stereocenters. The Kier molecular flexibility index (Phi) is 7.64. The molecule has 0 saturated carbocycles. The molecule has 0 aliphatic rings. The van der Waals surface area contributed by atoms with Crippen LogP contribution in [0.1, 0.15) is 11.1 Å². The summed E-state index contributed by atoms with van der Waals surface area (Å²) in [5.74, 6) is 0.962. The van der Waals surface area contributed by atoms with E-state index in [-0.39, 0.29) is 11.7 Å². The molecular formula is C24H20BrN3O4S. The first-order valence-electron chi connectivity index (χ1n) is 9.97. The summed E-state index contributed by atoms with van der Waals surface area (Å²) in [5.41, 5.74) is 5.65. The fourth-order valence-corrected chi connectivity index (χ4v) is 3.83. The Morgan fingerprint density at radius 1 is 1.15 bits per heavy atom. The minimum atomic E-state index is -0.279. The molecule has 0 saturated heterocycles. The summed E-state index contributed by atoms with van der Waals surface area (Å²) in [6, 6.07) is 20.8. The highest BCUT2D eigenvalue weighted by Crippen LogP contribution is 2.31. The maximum atomic E-state index is 12.2. The van der Waals surface area contributed by atoms with Crippen molar-refractivity contribution in [2.75, 3.05) is 12.9 Å². The largest absolute Gasteiger partial charge is 0.493 e. The van der Waals surface area contributed by atoms with E-state index < -0.39 is 0 Å². The minimum absolute atomic E-state index is 0.120. The Morgan fingerprint density at radius 3 is 2.76 bits per heavy atom. The highest BCUT2D eigenvalue weighted by molar-refractivity contribution is 9.10. The van der Waals surface area contributed by atoms with E-state index in [1.54, 1.807) is 7.11 Å². The smallest absolute Gasteiger partial charge is 0.257 e. The lowest BCUT2D eigenvalue weighted by Crippen LogP contribution is -2.19. The number of thioether (sulfide) groups is 1. The molecule has 1 heterocycles. The Labute approximate surface area is 203 Å². The molecule has 4 aromatic rings. The van der Waals surface area contributed by atoms with Gasteiger partial charge in [0.25, 0.3) is 11.1 Å². The van der Waals surface area contributed by atoms with Gasteiger partial charge in [0.15, 0.2) is 17.1 Å². The Morgan fingerprint density at radius 2 is 1.97 bits per heavy atom. The van der Waals surface area contributed by atoms with Crippen LogP contribution in [-0.2, 0) is 11.4 Å². The summed E-state index contributed by atoms with van der Waals surface area (Å²) in [6.45, 7) is 0.363. The van der Waals surface area contributed by atoms with Gasteiger partial charge in [-0.1, -0.05) is 58.0 Å². The highest BCUT2D eigenvalue weighted by Gasteiger charge is 2.11. The van der Waals surface area contributed by atoms with Crippen molar-refractivity contribution in [2.24, 2.45) is 5.10 Å². The van der Waals surface area contributed by atoms with Gasteiger partial charge in [-0.15, -0.1) is 0 Å². The zero-order valence-electron chi connectivity index (χ0n) is 17.7. The topological polar surface area (TPSA) is 86.0 Å². The summed E-state index contributed by atoms with van der Waals surface area (Å²) >= 11 is 4.63. The summed E-state index contributed by atoms with van der Waals surface area (Å²) in [7, 11) is 1.58. The van der Waals surface area contributed by atoms with Gasteiger partial charge in [0, 0.05) is 10.0 Å². The Hall–Kier alpha value is -3.30. The van der Waals surface area contributed by atoms with Crippen molar-refractivity contribution in [1.29, 1.82) is 0 Å². The molecule has 7 nitrogen and oxygen atoms in total. The van der Waals surface area contributed by atoms with Crippen molar-refractivity contribution >= 4 is 50.9 Å². The van der Waals surface area contributed by atoms with Gasteiger partial charge in [0.2, 0.25) is 0 Å². The van der Waals surface area contributed by atoms with Crippen molar-refractivity contribution in [1.82, 2.24) is 10.4 Å². The number of rotatable bonds is 9. The van der Waals surface area contributed by atoms with Gasteiger partial charge in [0.1, 0.15) is 12.1 Å². The van der Waals surface area contributed by atoms with E-state index in [9.17, 15) is 4.79 Å². The van der Waals surface area contributed by atoms with E-state index >= 15 is 0 Å². The quantitative estimate of drug-likeness (QED) is 0.178. The Bertz CT molecular complexity index is 1240. The number of oxazole rings is 1.